The van der Waals surface area contributed by atoms with Gasteiger partial charge in [0.1, 0.15) is 0 Å². The molecule has 0 radical (unpaired) electrons. The molecule has 3 rings (SSSR count). The zero-order valence-corrected chi connectivity index (χ0v) is 13.2. The summed E-state index contributed by atoms with van der Waals surface area (Å²) in [6, 6.07) is 0.668. The van der Waals surface area contributed by atoms with Gasteiger partial charge in [0.2, 0.25) is 5.91 Å². The van der Waals surface area contributed by atoms with Gasteiger partial charge in [0, 0.05) is 19.2 Å². The normalized spacial score (nSPS) is 35.2. The number of rotatable bonds is 4. The summed E-state index contributed by atoms with van der Waals surface area (Å²) in [6.45, 7) is 6.85. The Labute approximate surface area is 127 Å². The zero-order chi connectivity index (χ0) is 14.7. The highest BCUT2D eigenvalue weighted by Crippen LogP contribution is 2.26. The molecule has 21 heavy (non-hydrogen) atoms. The van der Waals surface area contributed by atoms with Gasteiger partial charge in [-0.25, -0.2) is 0 Å². The summed E-state index contributed by atoms with van der Waals surface area (Å²) >= 11 is 0. The number of likely N-dealkylation sites (tertiary alicyclic amines) is 1. The van der Waals surface area contributed by atoms with E-state index >= 15 is 0 Å². The molecule has 3 heterocycles. The van der Waals surface area contributed by atoms with Crippen molar-refractivity contribution in [1.29, 1.82) is 0 Å². The Hall–Kier alpha value is -0.650. The van der Waals surface area contributed by atoms with E-state index in [0.29, 0.717) is 12.6 Å². The molecule has 5 nitrogen and oxygen atoms in total. The number of hydrogen-bond donors (Lipinski definition) is 2. The van der Waals surface area contributed by atoms with Crippen molar-refractivity contribution >= 4 is 5.91 Å². The Balaban J connectivity index is 1.53. The summed E-state index contributed by atoms with van der Waals surface area (Å²) in [5, 5.41) is 6.56. The first kappa shape index (κ1) is 15.3. The number of hydrogen-bond acceptors (Lipinski definition) is 4. The number of carbonyl (C=O) groups is 1. The molecule has 3 fully saturated rings. The van der Waals surface area contributed by atoms with E-state index in [0.717, 1.165) is 51.9 Å². The third kappa shape index (κ3) is 3.58. The van der Waals surface area contributed by atoms with Gasteiger partial charge in [0.05, 0.1) is 11.6 Å². The van der Waals surface area contributed by atoms with E-state index in [2.05, 4.69) is 22.5 Å². The molecule has 3 aliphatic rings. The molecule has 0 spiro atoms. The predicted octanol–water partition coefficient (Wildman–Crippen LogP) is 0.888. The molecule has 2 unspecified atom stereocenters. The van der Waals surface area contributed by atoms with Crippen LogP contribution in [-0.4, -0.2) is 61.3 Å². The van der Waals surface area contributed by atoms with E-state index < -0.39 is 0 Å². The number of ether oxygens (including phenoxy) is 1. The van der Waals surface area contributed by atoms with Gasteiger partial charge in [-0.3, -0.25) is 9.69 Å². The number of piperidine rings is 1. The van der Waals surface area contributed by atoms with Gasteiger partial charge in [-0.2, -0.15) is 0 Å². The maximum absolute atomic E-state index is 12.6. The smallest absolute Gasteiger partial charge is 0.237 e. The van der Waals surface area contributed by atoms with Crippen LogP contribution in [0.3, 0.4) is 0 Å². The van der Waals surface area contributed by atoms with E-state index in [4.69, 9.17) is 4.74 Å². The lowest BCUT2D eigenvalue weighted by molar-refractivity contribution is -0.127. The molecule has 3 saturated heterocycles. The van der Waals surface area contributed by atoms with Crippen LogP contribution < -0.4 is 10.6 Å². The van der Waals surface area contributed by atoms with Gasteiger partial charge < -0.3 is 15.4 Å². The lowest BCUT2D eigenvalue weighted by atomic mass is 10.0. The van der Waals surface area contributed by atoms with Crippen LogP contribution in [0, 0.1) is 0 Å². The molecule has 3 aliphatic heterocycles. The van der Waals surface area contributed by atoms with Crippen LogP contribution in [0.5, 0.6) is 0 Å². The van der Waals surface area contributed by atoms with Gasteiger partial charge in [0.25, 0.3) is 0 Å². The first-order valence-corrected chi connectivity index (χ1v) is 8.56. The summed E-state index contributed by atoms with van der Waals surface area (Å²) < 4.78 is 5.76. The second-order valence-electron chi connectivity index (χ2n) is 7.00. The molecular formula is C16H29N3O2. The van der Waals surface area contributed by atoms with Crippen molar-refractivity contribution in [3.63, 3.8) is 0 Å². The van der Waals surface area contributed by atoms with Crippen molar-refractivity contribution in [2.45, 2.75) is 63.1 Å². The first-order valence-electron chi connectivity index (χ1n) is 8.56. The summed E-state index contributed by atoms with van der Waals surface area (Å²) in [5.74, 6) is 0.211. The largest absolute Gasteiger partial charge is 0.373 e. The van der Waals surface area contributed by atoms with E-state index in [-0.39, 0.29) is 17.6 Å². The quantitative estimate of drug-likeness (QED) is 0.809. The summed E-state index contributed by atoms with van der Waals surface area (Å²) in [4.78, 5) is 15.0. The average Bonchev–Trinajstić information content (AvgIpc) is 3.15. The number of nitrogens with one attached hydrogen (secondary N) is 2. The Bertz CT molecular complexity index is 363. The predicted molar refractivity (Wildman–Crippen MR) is 82.2 cm³/mol. The van der Waals surface area contributed by atoms with E-state index in [1.54, 1.807) is 0 Å². The third-order valence-electron chi connectivity index (χ3n) is 5.31. The standard InChI is InChI=1S/C16H29N3O2/c1-16(7-3-11-21-16)12-18-15(20)14-4-2-10-19(14)13-5-8-17-9-6-13/h13-14,17H,2-12H2,1H3,(H,18,20). The number of nitrogens with zero attached hydrogens (tertiary/aromatic N) is 1. The molecule has 1 amide bonds. The maximum atomic E-state index is 12.6. The number of carbonyl (C=O) groups excluding carboxylic acids is 1. The second-order valence-corrected chi connectivity index (χ2v) is 7.00. The van der Waals surface area contributed by atoms with Crippen LogP contribution in [0.15, 0.2) is 0 Å². The van der Waals surface area contributed by atoms with Gasteiger partial charge in [-0.05, 0) is 65.1 Å². The Morgan fingerprint density at radius 3 is 2.86 bits per heavy atom. The fourth-order valence-electron chi connectivity index (χ4n) is 4.01. The summed E-state index contributed by atoms with van der Waals surface area (Å²) in [5.41, 5.74) is -0.145. The number of amides is 1. The lowest BCUT2D eigenvalue weighted by Crippen LogP contribution is -2.52. The SMILES string of the molecule is CC1(CNC(=O)C2CCCN2C2CCNCC2)CCCO1. The van der Waals surface area contributed by atoms with Crippen LogP contribution in [0.25, 0.3) is 0 Å². The lowest BCUT2D eigenvalue weighted by Gasteiger charge is -2.35. The van der Waals surface area contributed by atoms with E-state index in [1.807, 2.05) is 0 Å². The molecule has 0 aromatic heterocycles. The van der Waals surface area contributed by atoms with E-state index in [9.17, 15) is 4.79 Å². The summed E-state index contributed by atoms with van der Waals surface area (Å²) in [7, 11) is 0. The molecule has 2 atom stereocenters. The molecule has 2 N–H and O–H groups in total. The molecule has 0 bridgehead atoms. The molecule has 120 valence electrons. The Morgan fingerprint density at radius 2 is 2.14 bits per heavy atom. The van der Waals surface area contributed by atoms with Crippen LogP contribution >= 0.6 is 0 Å². The van der Waals surface area contributed by atoms with Crippen molar-refractivity contribution in [2.24, 2.45) is 0 Å². The van der Waals surface area contributed by atoms with Crippen LogP contribution in [0.1, 0.15) is 45.4 Å². The molecule has 0 saturated carbocycles. The second kappa shape index (κ2) is 6.63. The minimum Gasteiger partial charge on any atom is -0.373 e. The monoisotopic (exact) mass is 295 g/mol. The third-order valence-corrected chi connectivity index (χ3v) is 5.31. The van der Waals surface area contributed by atoms with Crippen molar-refractivity contribution in [3.05, 3.63) is 0 Å². The molecule has 0 aromatic rings. The fraction of sp³-hybridized carbons (Fsp3) is 0.938. The Morgan fingerprint density at radius 1 is 1.33 bits per heavy atom. The minimum absolute atomic E-state index is 0.0816. The van der Waals surface area contributed by atoms with Crippen molar-refractivity contribution in [2.75, 3.05) is 32.8 Å². The van der Waals surface area contributed by atoms with Crippen molar-refractivity contribution in [3.8, 4) is 0 Å². The molecule has 0 aromatic carbocycles. The van der Waals surface area contributed by atoms with E-state index in [1.165, 1.54) is 12.8 Å². The van der Waals surface area contributed by atoms with Gasteiger partial charge >= 0.3 is 0 Å². The summed E-state index contributed by atoms with van der Waals surface area (Å²) in [6.07, 6.45) is 6.66. The topological polar surface area (TPSA) is 53.6 Å². The highest BCUT2D eigenvalue weighted by Gasteiger charge is 2.37. The van der Waals surface area contributed by atoms with Crippen molar-refractivity contribution in [1.82, 2.24) is 15.5 Å². The first-order chi connectivity index (χ1) is 10.2. The maximum Gasteiger partial charge on any atom is 0.237 e. The van der Waals surface area contributed by atoms with Crippen LogP contribution in [0.2, 0.25) is 0 Å². The van der Waals surface area contributed by atoms with Crippen LogP contribution in [0.4, 0.5) is 0 Å². The van der Waals surface area contributed by atoms with Gasteiger partial charge in [-0.1, -0.05) is 0 Å². The zero-order valence-electron chi connectivity index (χ0n) is 13.2. The van der Waals surface area contributed by atoms with Gasteiger partial charge in [-0.15, -0.1) is 0 Å². The molecule has 0 aliphatic carbocycles. The van der Waals surface area contributed by atoms with Gasteiger partial charge in [0.15, 0.2) is 0 Å². The molecular weight excluding hydrogens is 266 g/mol. The highest BCUT2D eigenvalue weighted by molar-refractivity contribution is 5.82. The minimum atomic E-state index is -0.145. The van der Waals surface area contributed by atoms with Crippen LogP contribution in [-0.2, 0) is 9.53 Å². The average molecular weight is 295 g/mol. The molecule has 5 heteroatoms. The van der Waals surface area contributed by atoms with Crippen molar-refractivity contribution < 1.29 is 9.53 Å². The Kier molecular flexibility index (Phi) is 4.82. The highest BCUT2D eigenvalue weighted by atomic mass is 16.5. The fourth-order valence-corrected chi connectivity index (χ4v) is 4.01.